The highest BCUT2D eigenvalue weighted by atomic mass is 32.1. The molecular weight excluding hydrogens is 460 g/mol. The number of nitrogens with one attached hydrogen (secondary N) is 2. The van der Waals surface area contributed by atoms with Crippen LogP contribution in [0.2, 0.25) is 0 Å². The summed E-state index contributed by atoms with van der Waals surface area (Å²) in [5, 5.41) is 11.9. The number of nitrogens with two attached hydrogens (primary N) is 1. The second-order valence-corrected chi connectivity index (χ2v) is 8.81. The van der Waals surface area contributed by atoms with Crippen LogP contribution in [0.5, 0.6) is 0 Å². The fourth-order valence-corrected chi connectivity index (χ4v) is 4.60. The van der Waals surface area contributed by atoms with Crippen LogP contribution in [-0.4, -0.2) is 58.6 Å². The maximum Gasteiger partial charge on any atom is 0.350 e. The van der Waals surface area contributed by atoms with Gasteiger partial charge in [0.15, 0.2) is 5.13 Å². The number of hydrogen-bond donors (Lipinski definition) is 3. The number of rotatable bonds is 7. The smallest absolute Gasteiger partial charge is 0.350 e. The number of hydrogen-bond acceptors (Lipinski definition) is 9. The van der Waals surface area contributed by atoms with Crippen molar-refractivity contribution in [2.45, 2.75) is 26.8 Å². The van der Waals surface area contributed by atoms with Gasteiger partial charge in [0.25, 0.3) is 5.91 Å². The molecule has 178 valence electrons. The Labute approximate surface area is 199 Å². The second-order valence-electron chi connectivity index (χ2n) is 7.81. The van der Waals surface area contributed by atoms with E-state index in [0.717, 1.165) is 11.3 Å². The first-order valence-corrected chi connectivity index (χ1v) is 11.7. The molecule has 4 rings (SSSR count). The Morgan fingerprint density at radius 1 is 1.24 bits per heavy atom. The molecule has 1 aromatic carbocycles. The van der Waals surface area contributed by atoms with Gasteiger partial charge in [0.05, 0.1) is 31.4 Å². The van der Waals surface area contributed by atoms with E-state index in [-0.39, 0.29) is 24.5 Å². The lowest BCUT2D eigenvalue weighted by Gasteiger charge is -2.17. The molecular formula is C22H25N6O5S+. The van der Waals surface area contributed by atoms with Gasteiger partial charge in [-0.15, -0.1) is 0 Å². The van der Waals surface area contributed by atoms with Crippen LogP contribution in [0.4, 0.5) is 5.13 Å². The van der Waals surface area contributed by atoms with Crippen molar-refractivity contribution >= 4 is 34.3 Å². The molecule has 2 amide bonds. The largest absolute Gasteiger partial charge is 0.462 e. The van der Waals surface area contributed by atoms with Crippen LogP contribution >= 0.6 is 11.3 Å². The number of aromatic nitrogens is 3. The van der Waals surface area contributed by atoms with Gasteiger partial charge in [-0.3, -0.25) is 9.59 Å². The van der Waals surface area contributed by atoms with Gasteiger partial charge in [0, 0.05) is 18.1 Å². The number of anilines is 1. The molecule has 0 bridgehead atoms. The van der Waals surface area contributed by atoms with Crippen molar-refractivity contribution in [1.29, 1.82) is 0 Å². The summed E-state index contributed by atoms with van der Waals surface area (Å²) < 4.78 is 10.0. The normalized spacial score (nSPS) is 17.4. The van der Waals surface area contributed by atoms with Crippen molar-refractivity contribution in [1.82, 2.24) is 20.4 Å². The van der Waals surface area contributed by atoms with Gasteiger partial charge in [0.2, 0.25) is 17.6 Å². The van der Waals surface area contributed by atoms with Crippen LogP contribution in [0.1, 0.15) is 38.5 Å². The highest BCUT2D eigenvalue weighted by Gasteiger charge is 2.38. The summed E-state index contributed by atoms with van der Waals surface area (Å²) in [4.78, 5) is 46.7. The zero-order valence-corrected chi connectivity index (χ0v) is 19.8. The molecule has 2 aromatic heterocycles. The van der Waals surface area contributed by atoms with Crippen LogP contribution in [0.3, 0.4) is 0 Å². The molecule has 2 atom stereocenters. The summed E-state index contributed by atoms with van der Waals surface area (Å²) in [7, 11) is 0. The van der Waals surface area contributed by atoms with Gasteiger partial charge in [-0.2, -0.15) is 4.98 Å². The summed E-state index contributed by atoms with van der Waals surface area (Å²) >= 11 is 1.07. The van der Waals surface area contributed by atoms with Crippen molar-refractivity contribution in [3.63, 3.8) is 0 Å². The van der Waals surface area contributed by atoms with E-state index in [1.54, 1.807) is 45.0 Å². The highest BCUT2D eigenvalue weighted by molar-refractivity contribution is 7.17. The molecule has 12 heteroatoms. The third-order valence-electron chi connectivity index (χ3n) is 5.38. The van der Waals surface area contributed by atoms with E-state index in [1.165, 1.54) is 0 Å². The Morgan fingerprint density at radius 3 is 2.79 bits per heavy atom. The highest BCUT2D eigenvalue weighted by Crippen LogP contribution is 2.24. The standard InChI is InChI=1S/C22H24N6O5S/c1-4-32-21(31)17-11(2)24-22(34-17)27-20(30)15-9-23-10-16(15)26-19(29)14-7-5-6-13(8-14)18-25-12(3)33-28-18/h5-8,15-16,23H,4,9-10H2,1-3H3,(H,26,29)(H,24,27,30)/p+1/t15-,16-/m0/s1. The number of aryl methyl sites for hydroxylation is 2. The Kier molecular flexibility index (Phi) is 6.98. The van der Waals surface area contributed by atoms with Gasteiger partial charge in [0.1, 0.15) is 10.8 Å². The van der Waals surface area contributed by atoms with Crippen molar-refractivity contribution < 1.29 is 29.0 Å². The van der Waals surface area contributed by atoms with Crippen LogP contribution in [0, 0.1) is 19.8 Å². The summed E-state index contributed by atoms with van der Waals surface area (Å²) in [6, 6.07) is 6.54. The zero-order valence-electron chi connectivity index (χ0n) is 19.0. The minimum atomic E-state index is -0.462. The first-order chi connectivity index (χ1) is 16.4. The molecule has 0 unspecified atom stereocenters. The van der Waals surface area contributed by atoms with E-state index in [0.29, 0.717) is 51.6 Å². The first-order valence-electron chi connectivity index (χ1n) is 10.8. The predicted molar refractivity (Wildman–Crippen MR) is 122 cm³/mol. The van der Waals surface area contributed by atoms with Gasteiger partial charge in [-0.1, -0.05) is 28.6 Å². The minimum absolute atomic E-state index is 0.259. The van der Waals surface area contributed by atoms with E-state index >= 15 is 0 Å². The van der Waals surface area contributed by atoms with Gasteiger partial charge in [-0.25, -0.2) is 9.78 Å². The fourth-order valence-electron chi connectivity index (χ4n) is 3.73. The number of ether oxygens (including phenoxy) is 1. The average molecular weight is 486 g/mol. The number of esters is 1. The first kappa shape index (κ1) is 23.5. The maximum absolute atomic E-state index is 12.9. The molecule has 34 heavy (non-hydrogen) atoms. The van der Waals surface area contributed by atoms with E-state index in [4.69, 9.17) is 9.26 Å². The lowest BCUT2D eigenvalue weighted by Crippen LogP contribution is -2.82. The Balaban J connectivity index is 1.42. The summed E-state index contributed by atoms with van der Waals surface area (Å²) in [5.41, 5.74) is 1.59. The van der Waals surface area contributed by atoms with Gasteiger partial charge in [-0.05, 0) is 26.0 Å². The number of nitrogens with zero attached hydrogens (tertiary/aromatic N) is 3. The number of carbonyl (C=O) groups is 3. The van der Waals surface area contributed by atoms with Gasteiger partial charge >= 0.3 is 5.97 Å². The number of quaternary nitrogens is 1. The maximum atomic E-state index is 12.9. The average Bonchev–Trinajstić information content (AvgIpc) is 3.54. The number of benzene rings is 1. The molecule has 0 saturated carbocycles. The third kappa shape index (κ3) is 5.13. The third-order valence-corrected chi connectivity index (χ3v) is 6.43. The lowest BCUT2D eigenvalue weighted by atomic mass is 10.0. The zero-order chi connectivity index (χ0) is 24.2. The minimum Gasteiger partial charge on any atom is -0.462 e. The number of carbonyl (C=O) groups excluding carboxylic acids is 3. The monoisotopic (exact) mass is 485 g/mol. The van der Waals surface area contributed by atoms with Crippen molar-refractivity contribution in [2.24, 2.45) is 5.92 Å². The molecule has 1 saturated heterocycles. The molecule has 3 aromatic rings. The summed E-state index contributed by atoms with van der Waals surface area (Å²) in [6.07, 6.45) is 0. The van der Waals surface area contributed by atoms with Crippen molar-refractivity contribution in [2.75, 3.05) is 25.0 Å². The van der Waals surface area contributed by atoms with E-state index in [2.05, 4.69) is 25.8 Å². The summed E-state index contributed by atoms with van der Waals surface area (Å²) in [5.74, 6) is -0.642. The van der Waals surface area contributed by atoms with Crippen LogP contribution in [-0.2, 0) is 9.53 Å². The second kappa shape index (κ2) is 10.1. The quantitative estimate of drug-likeness (QED) is 0.418. The molecule has 0 radical (unpaired) electrons. The predicted octanol–water partition coefficient (Wildman–Crippen LogP) is 0.917. The number of amides is 2. The SMILES string of the molecule is CCOC(=O)c1sc(NC(=O)[C@H]2C[NH2+]C[C@@H]2NC(=O)c2cccc(-c3noc(C)n3)c2)nc1C. The molecule has 1 aliphatic rings. The van der Waals surface area contributed by atoms with Crippen LogP contribution in [0.15, 0.2) is 28.8 Å². The van der Waals surface area contributed by atoms with Crippen molar-refractivity contribution in [3.8, 4) is 11.4 Å². The van der Waals surface area contributed by atoms with Crippen LogP contribution < -0.4 is 16.0 Å². The summed E-state index contributed by atoms with van der Waals surface area (Å²) in [6.45, 7) is 6.46. The van der Waals surface area contributed by atoms with E-state index in [1.807, 2.05) is 5.32 Å². The number of thiazole rings is 1. The molecule has 0 spiro atoms. The molecule has 1 aliphatic heterocycles. The molecule has 3 heterocycles. The topological polar surface area (TPSA) is 153 Å². The Hall–Kier alpha value is -3.64. The van der Waals surface area contributed by atoms with E-state index < -0.39 is 11.9 Å². The Bertz CT molecular complexity index is 1220. The lowest BCUT2D eigenvalue weighted by molar-refractivity contribution is -0.638. The van der Waals surface area contributed by atoms with Crippen LogP contribution in [0.25, 0.3) is 11.4 Å². The van der Waals surface area contributed by atoms with E-state index in [9.17, 15) is 14.4 Å². The molecule has 11 nitrogen and oxygen atoms in total. The molecule has 4 N–H and O–H groups in total. The van der Waals surface area contributed by atoms with Crippen molar-refractivity contribution in [3.05, 3.63) is 46.3 Å². The van der Waals surface area contributed by atoms with Gasteiger partial charge < -0.3 is 25.2 Å². The fraction of sp³-hybridized carbons (Fsp3) is 0.364. The molecule has 0 aliphatic carbocycles. The Morgan fingerprint density at radius 2 is 2.06 bits per heavy atom. The molecule has 1 fully saturated rings.